The molecular formula is C29H26F7N5O5. The van der Waals surface area contributed by atoms with Gasteiger partial charge in [0.2, 0.25) is 0 Å². The molecule has 17 heteroatoms. The number of nitrogens with zero attached hydrogens (tertiary/aromatic N) is 3. The number of anilines is 2. The second-order valence-corrected chi connectivity index (χ2v) is 8.96. The molecule has 0 amide bonds. The van der Waals surface area contributed by atoms with Crippen molar-refractivity contribution in [3.8, 4) is 11.3 Å². The Labute approximate surface area is 256 Å². The molecule has 3 aromatic carbocycles. The number of aryl methyl sites for hydroxylation is 1. The van der Waals surface area contributed by atoms with E-state index in [1.165, 1.54) is 6.07 Å². The largest absolute Gasteiger partial charge is 0.490 e. The molecule has 4 aromatic rings. The van der Waals surface area contributed by atoms with Gasteiger partial charge in [-0.15, -0.1) is 0 Å². The van der Waals surface area contributed by atoms with Crippen molar-refractivity contribution in [2.24, 2.45) is 10.9 Å². The van der Waals surface area contributed by atoms with Crippen LogP contribution in [0.2, 0.25) is 0 Å². The minimum atomic E-state index is -5.08. The SMILES string of the molecule is CCc1ccc(F)c(N(Cc2nc(-c3ccccc3)c[nH]2)c2ccc(C(N)=NO)cc2)c1.O=C(O)C(F)(F)F.O=C(O)C(F)(F)F. The molecule has 0 aliphatic heterocycles. The first kappa shape index (κ1) is 36.6. The molecule has 0 unspecified atom stereocenters. The standard InChI is InChI=1S/C25H24FN5O.2C2HF3O2/c1-2-17-8-13-21(26)23(14-17)31(20-11-9-19(10-12-20)25(27)30-32)16-24-28-15-22(29-24)18-6-4-3-5-7-18;2*3-2(4,5)1(6)7/h3-15,32H,2,16H2,1H3,(H2,27,30)(H,28,29);2*(H,6,7). The normalized spacial score (nSPS) is 11.4. The fraction of sp³-hybridized carbons (Fsp3) is 0.172. The number of halogens is 7. The average molecular weight is 658 g/mol. The maximum Gasteiger partial charge on any atom is 0.490 e. The van der Waals surface area contributed by atoms with Crippen molar-refractivity contribution in [1.29, 1.82) is 0 Å². The van der Waals surface area contributed by atoms with Crippen LogP contribution in [0.1, 0.15) is 23.9 Å². The summed E-state index contributed by atoms with van der Waals surface area (Å²) in [6.45, 7) is 2.37. The number of aliphatic carboxylic acids is 2. The van der Waals surface area contributed by atoms with Gasteiger partial charge in [0.05, 0.1) is 17.9 Å². The Bertz CT molecular complexity index is 1600. The number of amidine groups is 1. The highest BCUT2D eigenvalue weighted by atomic mass is 19.4. The van der Waals surface area contributed by atoms with Gasteiger partial charge in [-0.05, 0) is 48.4 Å². The topological polar surface area (TPSA) is 165 Å². The van der Waals surface area contributed by atoms with Crippen LogP contribution < -0.4 is 10.6 Å². The van der Waals surface area contributed by atoms with E-state index in [1.54, 1.807) is 18.2 Å². The Morgan fingerprint density at radius 3 is 1.93 bits per heavy atom. The fourth-order valence-electron chi connectivity index (χ4n) is 3.52. The molecule has 0 spiro atoms. The number of carboxylic acids is 2. The van der Waals surface area contributed by atoms with Gasteiger partial charge in [0, 0.05) is 23.0 Å². The number of imidazole rings is 1. The summed E-state index contributed by atoms with van der Waals surface area (Å²) in [6, 6.07) is 22.1. The second kappa shape index (κ2) is 15.9. The molecular weight excluding hydrogens is 631 g/mol. The summed E-state index contributed by atoms with van der Waals surface area (Å²) in [7, 11) is 0. The highest BCUT2D eigenvalue weighted by molar-refractivity contribution is 5.97. The zero-order chi connectivity index (χ0) is 34.7. The van der Waals surface area contributed by atoms with E-state index < -0.39 is 24.3 Å². The molecule has 0 fully saturated rings. The predicted octanol–water partition coefficient (Wildman–Crippen LogP) is 6.48. The van der Waals surface area contributed by atoms with E-state index in [0.717, 1.165) is 28.9 Å². The van der Waals surface area contributed by atoms with Gasteiger partial charge >= 0.3 is 24.3 Å². The van der Waals surface area contributed by atoms with Gasteiger partial charge in [-0.3, -0.25) is 0 Å². The Kier molecular flexibility index (Phi) is 12.7. The van der Waals surface area contributed by atoms with Gasteiger partial charge in [0.15, 0.2) is 5.84 Å². The molecule has 1 aromatic heterocycles. The van der Waals surface area contributed by atoms with Crippen molar-refractivity contribution in [3.63, 3.8) is 0 Å². The lowest BCUT2D eigenvalue weighted by atomic mass is 10.1. The van der Waals surface area contributed by atoms with E-state index >= 15 is 0 Å². The van der Waals surface area contributed by atoms with Gasteiger partial charge in [0.25, 0.3) is 0 Å². The smallest absolute Gasteiger partial charge is 0.475 e. The Balaban J connectivity index is 0.000000440. The summed E-state index contributed by atoms with van der Waals surface area (Å²) in [5.41, 5.74) is 10.3. The quantitative estimate of drug-likeness (QED) is 0.0496. The lowest BCUT2D eigenvalue weighted by molar-refractivity contribution is -0.193. The van der Waals surface area contributed by atoms with E-state index in [4.69, 9.17) is 35.7 Å². The minimum Gasteiger partial charge on any atom is -0.475 e. The first-order chi connectivity index (χ1) is 21.5. The summed E-state index contributed by atoms with van der Waals surface area (Å²) < 4.78 is 78.4. The number of aromatic amines is 1. The number of alkyl halides is 6. The lowest BCUT2D eigenvalue weighted by Crippen LogP contribution is -2.21. The number of carbonyl (C=O) groups is 2. The van der Waals surface area contributed by atoms with Crippen LogP contribution in [-0.4, -0.2) is 55.5 Å². The number of hydrogen-bond donors (Lipinski definition) is 5. The van der Waals surface area contributed by atoms with Crippen LogP contribution in [0.15, 0.2) is 84.1 Å². The van der Waals surface area contributed by atoms with Gasteiger partial charge in [-0.25, -0.2) is 19.0 Å². The summed E-state index contributed by atoms with van der Waals surface area (Å²) in [5, 5.41) is 26.2. The van der Waals surface area contributed by atoms with Crippen LogP contribution in [0, 0.1) is 5.82 Å². The molecule has 1 heterocycles. The number of oxime groups is 1. The number of aromatic nitrogens is 2. The van der Waals surface area contributed by atoms with Crippen LogP contribution in [0.25, 0.3) is 11.3 Å². The van der Waals surface area contributed by atoms with Crippen molar-refractivity contribution in [1.82, 2.24) is 9.97 Å². The third-order valence-corrected chi connectivity index (χ3v) is 5.79. The minimum absolute atomic E-state index is 0.0146. The molecule has 246 valence electrons. The monoisotopic (exact) mass is 657 g/mol. The maximum absolute atomic E-state index is 14.9. The highest BCUT2D eigenvalue weighted by Gasteiger charge is 2.38. The molecule has 6 N–H and O–H groups in total. The zero-order valence-corrected chi connectivity index (χ0v) is 23.6. The Morgan fingerprint density at radius 2 is 1.46 bits per heavy atom. The number of hydrogen-bond acceptors (Lipinski definition) is 6. The summed E-state index contributed by atoms with van der Waals surface area (Å²) in [4.78, 5) is 27.6. The predicted molar refractivity (Wildman–Crippen MR) is 152 cm³/mol. The van der Waals surface area contributed by atoms with E-state index in [-0.39, 0.29) is 11.7 Å². The molecule has 0 saturated heterocycles. The molecule has 0 atom stereocenters. The van der Waals surface area contributed by atoms with Crippen LogP contribution in [0.4, 0.5) is 42.1 Å². The van der Waals surface area contributed by atoms with E-state index in [0.29, 0.717) is 23.6 Å². The average Bonchev–Trinajstić information content (AvgIpc) is 3.49. The van der Waals surface area contributed by atoms with Crippen molar-refractivity contribution in [3.05, 3.63) is 102 Å². The van der Waals surface area contributed by atoms with Crippen molar-refractivity contribution in [2.45, 2.75) is 32.2 Å². The molecule has 0 bridgehead atoms. The Morgan fingerprint density at radius 1 is 0.913 bits per heavy atom. The Hall–Kier alpha value is -5.61. The van der Waals surface area contributed by atoms with E-state index in [1.807, 2.05) is 66.6 Å². The zero-order valence-electron chi connectivity index (χ0n) is 23.6. The highest BCUT2D eigenvalue weighted by Crippen LogP contribution is 2.31. The summed E-state index contributed by atoms with van der Waals surface area (Å²) in [5.74, 6) is -5.12. The fourth-order valence-corrected chi connectivity index (χ4v) is 3.52. The van der Waals surface area contributed by atoms with Crippen LogP contribution >= 0.6 is 0 Å². The molecule has 46 heavy (non-hydrogen) atoms. The molecule has 0 aliphatic carbocycles. The van der Waals surface area contributed by atoms with Crippen LogP contribution in [-0.2, 0) is 22.6 Å². The van der Waals surface area contributed by atoms with Crippen molar-refractivity contribution in [2.75, 3.05) is 4.90 Å². The summed E-state index contributed by atoms with van der Waals surface area (Å²) in [6.07, 6.45) is -7.52. The van der Waals surface area contributed by atoms with Gasteiger partial charge < -0.3 is 31.0 Å². The maximum atomic E-state index is 14.9. The van der Waals surface area contributed by atoms with Gasteiger partial charge in [-0.1, -0.05) is 48.5 Å². The van der Waals surface area contributed by atoms with Gasteiger partial charge in [-0.2, -0.15) is 26.3 Å². The molecule has 0 aliphatic rings. The lowest BCUT2D eigenvalue weighted by Gasteiger charge is -2.25. The van der Waals surface area contributed by atoms with Crippen molar-refractivity contribution >= 4 is 29.1 Å². The van der Waals surface area contributed by atoms with Crippen LogP contribution in [0.5, 0.6) is 0 Å². The van der Waals surface area contributed by atoms with Gasteiger partial charge in [0.1, 0.15) is 11.6 Å². The number of nitrogens with one attached hydrogen (secondary N) is 1. The molecule has 4 rings (SSSR count). The summed E-state index contributed by atoms with van der Waals surface area (Å²) >= 11 is 0. The van der Waals surface area contributed by atoms with Crippen molar-refractivity contribution < 1.29 is 55.7 Å². The molecule has 10 nitrogen and oxygen atoms in total. The number of benzene rings is 3. The third kappa shape index (κ3) is 10.8. The molecule has 0 saturated carbocycles. The van der Waals surface area contributed by atoms with Crippen LogP contribution in [0.3, 0.4) is 0 Å². The first-order valence-corrected chi connectivity index (χ1v) is 12.8. The number of nitrogens with two attached hydrogens (primary N) is 1. The number of rotatable bonds is 7. The first-order valence-electron chi connectivity index (χ1n) is 12.8. The number of carboxylic acid groups (broad SMARTS) is 2. The van der Waals surface area contributed by atoms with E-state index in [2.05, 4.69) is 10.1 Å². The third-order valence-electron chi connectivity index (χ3n) is 5.79. The molecule has 0 radical (unpaired) electrons. The van der Waals surface area contributed by atoms with E-state index in [9.17, 15) is 30.7 Å². The second-order valence-electron chi connectivity index (χ2n) is 8.96. The number of H-pyrrole nitrogens is 1.